The van der Waals surface area contributed by atoms with E-state index in [0.717, 1.165) is 13.1 Å². The third kappa shape index (κ3) is 4.85. The van der Waals surface area contributed by atoms with Gasteiger partial charge in [-0.15, -0.1) is 0 Å². The van der Waals surface area contributed by atoms with E-state index >= 15 is 0 Å². The summed E-state index contributed by atoms with van der Waals surface area (Å²) in [6.07, 6.45) is 1.07. The largest absolute Gasteiger partial charge is 0.373 e. The van der Waals surface area contributed by atoms with Crippen molar-refractivity contribution in [3.8, 4) is 0 Å². The highest BCUT2D eigenvalue weighted by atomic mass is 16.5. The zero-order chi connectivity index (χ0) is 21.2. The molecule has 2 unspecified atom stereocenters. The minimum Gasteiger partial charge on any atom is -0.373 e. The van der Waals surface area contributed by atoms with Crippen LogP contribution in [0.4, 0.5) is 0 Å². The van der Waals surface area contributed by atoms with Gasteiger partial charge in [0.05, 0.1) is 23.3 Å². The van der Waals surface area contributed by atoms with Gasteiger partial charge in [-0.3, -0.25) is 24.2 Å². The third-order valence-electron chi connectivity index (χ3n) is 5.66. The number of carbonyl (C=O) groups excluding carboxylic acids is 3. The molecule has 3 amide bonds. The van der Waals surface area contributed by atoms with Crippen molar-refractivity contribution < 1.29 is 19.1 Å². The summed E-state index contributed by atoms with van der Waals surface area (Å²) in [5.74, 6) is -0.616. The van der Waals surface area contributed by atoms with Gasteiger partial charge in [-0.05, 0) is 46.2 Å². The number of rotatable bonds is 7. The molecule has 29 heavy (non-hydrogen) atoms. The summed E-state index contributed by atoms with van der Waals surface area (Å²) in [7, 11) is 0. The van der Waals surface area contributed by atoms with Crippen LogP contribution in [0.3, 0.4) is 0 Å². The van der Waals surface area contributed by atoms with Crippen LogP contribution in [0.2, 0.25) is 0 Å². The molecule has 1 aromatic carbocycles. The molecule has 0 spiro atoms. The Morgan fingerprint density at radius 3 is 2.21 bits per heavy atom. The topological polar surface area (TPSA) is 79.0 Å². The minimum absolute atomic E-state index is 0.0657. The lowest BCUT2D eigenvalue weighted by atomic mass is 10.00. The number of nitrogens with one attached hydrogen (secondary N) is 1. The van der Waals surface area contributed by atoms with E-state index in [0.29, 0.717) is 24.1 Å². The molecule has 0 aromatic heterocycles. The van der Waals surface area contributed by atoms with Crippen molar-refractivity contribution in [1.29, 1.82) is 0 Å². The quantitative estimate of drug-likeness (QED) is 0.708. The van der Waals surface area contributed by atoms with E-state index < -0.39 is 0 Å². The fourth-order valence-corrected chi connectivity index (χ4v) is 4.03. The van der Waals surface area contributed by atoms with Gasteiger partial charge in [0.1, 0.15) is 0 Å². The van der Waals surface area contributed by atoms with E-state index in [4.69, 9.17) is 4.74 Å². The highest BCUT2D eigenvalue weighted by Crippen LogP contribution is 2.23. The van der Waals surface area contributed by atoms with Gasteiger partial charge in [0.2, 0.25) is 5.91 Å². The highest BCUT2D eigenvalue weighted by molar-refractivity contribution is 6.21. The first-order valence-electron chi connectivity index (χ1n) is 10.3. The molecule has 2 heterocycles. The number of carbonyl (C=O) groups is 3. The van der Waals surface area contributed by atoms with E-state index in [-0.39, 0.29) is 48.4 Å². The normalized spacial score (nSPS) is 22.7. The van der Waals surface area contributed by atoms with E-state index in [1.807, 2.05) is 0 Å². The summed E-state index contributed by atoms with van der Waals surface area (Å²) < 4.78 is 5.79. The minimum atomic E-state index is -0.275. The zero-order valence-corrected chi connectivity index (χ0v) is 17.7. The molecule has 3 rings (SSSR count). The Morgan fingerprint density at radius 2 is 1.66 bits per heavy atom. The first-order chi connectivity index (χ1) is 13.7. The van der Waals surface area contributed by atoms with E-state index in [9.17, 15) is 14.4 Å². The van der Waals surface area contributed by atoms with Crippen LogP contribution >= 0.6 is 0 Å². The standard InChI is InChI=1S/C22H31N3O4/c1-15-12-24(13-16(2)29-15)22(3,4)14-23-19(26)10-7-11-25-20(27)17-8-5-6-9-18(17)21(25)28/h5-6,8-9,15-16H,7,10-14H2,1-4H3,(H,23,26). The second-order valence-corrected chi connectivity index (χ2v) is 8.66. The van der Waals surface area contributed by atoms with Crippen LogP contribution in [0, 0.1) is 0 Å². The number of hydrogen-bond acceptors (Lipinski definition) is 5. The molecule has 1 N–H and O–H groups in total. The molecule has 2 aliphatic heterocycles. The number of ether oxygens (including phenoxy) is 1. The Hall–Kier alpha value is -2.25. The number of morpholine rings is 1. The Balaban J connectivity index is 1.44. The molecule has 7 heteroatoms. The van der Waals surface area contributed by atoms with Crippen molar-refractivity contribution in [3.05, 3.63) is 35.4 Å². The summed E-state index contributed by atoms with van der Waals surface area (Å²) in [4.78, 5) is 40.6. The Labute approximate surface area is 172 Å². The number of amides is 3. The first-order valence-corrected chi connectivity index (χ1v) is 10.3. The number of fused-ring (bicyclic) bond motifs is 1. The smallest absolute Gasteiger partial charge is 0.261 e. The maximum absolute atomic E-state index is 12.4. The summed E-state index contributed by atoms with van der Waals surface area (Å²) in [6, 6.07) is 6.83. The van der Waals surface area contributed by atoms with Crippen LogP contribution in [-0.4, -0.2) is 71.4 Å². The molecule has 0 aliphatic carbocycles. The van der Waals surface area contributed by atoms with E-state index in [2.05, 4.69) is 37.9 Å². The van der Waals surface area contributed by atoms with Gasteiger partial charge in [0.15, 0.2) is 0 Å². The summed E-state index contributed by atoms with van der Waals surface area (Å²) in [5, 5.41) is 3.01. The molecule has 0 bridgehead atoms. The maximum Gasteiger partial charge on any atom is 0.261 e. The lowest BCUT2D eigenvalue weighted by Crippen LogP contribution is -2.58. The lowest BCUT2D eigenvalue weighted by Gasteiger charge is -2.45. The van der Waals surface area contributed by atoms with Crippen molar-refractivity contribution in [2.75, 3.05) is 26.2 Å². The number of hydrogen-bond donors (Lipinski definition) is 1. The molecule has 1 fully saturated rings. The Bertz CT molecular complexity index is 747. The predicted molar refractivity (Wildman–Crippen MR) is 110 cm³/mol. The average molecular weight is 402 g/mol. The number of benzene rings is 1. The van der Waals surface area contributed by atoms with Gasteiger partial charge in [-0.25, -0.2) is 0 Å². The Morgan fingerprint density at radius 1 is 1.10 bits per heavy atom. The first kappa shape index (κ1) is 21.5. The van der Waals surface area contributed by atoms with Crippen molar-refractivity contribution in [2.24, 2.45) is 0 Å². The Kier molecular flexibility index (Phi) is 6.39. The third-order valence-corrected chi connectivity index (χ3v) is 5.66. The van der Waals surface area contributed by atoms with Crippen LogP contribution < -0.4 is 5.32 Å². The summed E-state index contributed by atoms with van der Waals surface area (Å²) in [6.45, 7) is 10.8. The van der Waals surface area contributed by atoms with Crippen molar-refractivity contribution in [1.82, 2.24) is 15.1 Å². The molecule has 158 valence electrons. The van der Waals surface area contributed by atoms with Crippen LogP contribution in [0.5, 0.6) is 0 Å². The molecule has 7 nitrogen and oxygen atoms in total. The SMILES string of the molecule is CC1CN(C(C)(C)CNC(=O)CCCN2C(=O)c3ccccc3C2=O)CC(C)O1. The number of imide groups is 1. The average Bonchev–Trinajstić information content (AvgIpc) is 2.91. The van der Waals surface area contributed by atoms with Crippen LogP contribution in [-0.2, 0) is 9.53 Å². The van der Waals surface area contributed by atoms with Gasteiger partial charge in [0, 0.05) is 38.1 Å². The van der Waals surface area contributed by atoms with Crippen molar-refractivity contribution in [3.63, 3.8) is 0 Å². The fourth-order valence-electron chi connectivity index (χ4n) is 4.03. The molecule has 0 radical (unpaired) electrons. The van der Waals surface area contributed by atoms with E-state index in [1.54, 1.807) is 24.3 Å². The van der Waals surface area contributed by atoms with Crippen LogP contribution in [0.15, 0.2) is 24.3 Å². The van der Waals surface area contributed by atoms with Crippen molar-refractivity contribution >= 4 is 17.7 Å². The monoisotopic (exact) mass is 401 g/mol. The van der Waals surface area contributed by atoms with Gasteiger partial charge in [-0.1, -0.05) is 12.1 Å². The molecule has 1 aromatic rings. The molecule has 0 saturated carbocycles. The van der Waals surface area contributed by atoms with Crippen LogP contribution in [0.1, 0.15) is 61.3 Å². The van der Waals surface area contributed by atoms with Gasteiger partial charge in [-0.2, -0.15) is 0 Å². The zero-order valence-electron chi connectivity index (χ0n) is 17.7. The van der Waals surface area contributed by atoms with Crippen LogP contribution in [0.25, 0.3) is 0 Å². The second kappa shape index (κ2) is 8.63. The summed E-state index contributed by atoms with van der Waals surface area (Å²) >= 11 is 0. The van der Waals surface area contributed by atoms with Gasteiger partial charge >= 0.3 is 0 Å². The lowest BCUT2D eigenvalue weighted by molar-refractivity contribution is -0.123. The summed E-state index contributed by atoms with van der Waals surface area (Å²) in [5.41, 5.74) is 0.708. The molecule has 2 atom stereocenters. The number of nitrogens with zero attached hydrogens (tertiary/aromatic N) is 2. The van der Waals surface area contributed by atoms with Gasteiger partial charge in [0.25, 0.3) is 11.8 Å². The van der Waals surface area contributed by atoms with E-state index in [1.165, 1.54) is 4.90 Å². The van der Waals surface area contributed by atoms with Crippen molar-refractivity contribution in [2.45, 2.75) is 58.3 Å². The fraction of sp³-hybridized carbons (Fsp3) is 0.591. The highest BCUT2D eigenvalue weighted by Gasteiger charge is 2.35. The maximum atomic E-state index is 12.4. The molecule has 2 aliphatic rings. The molecular formula is C22H31N3O4. The second-order valence-electron chi connectivity index (χ2n) is 8.66. The molecular weight excluding hydrogens is 370 g/mol. The van der Waals surface area contributed by atoms with Gasteiger partial charge < -0.3 is 10.1 Å². The molecule has 1 saturated heterocycles. The predicted octanol–water partition coefficient (Wildman–Crippen LogP) is 2.07.